The number of thiazole rings is 1. The first-order valence-electron chi connectivity index (χ1n) is 10.7. The van der Waals surface area contributed by atoms with Crippen molar-refractivity contribution in [2.24, 2.45) is 0 Å². The van der Waals surface area contributed by atoms with E-state index in [4.69, 9.17) is 9.47 Å². The lowest BCUT2D eigenvalue weighted by Gasteiger charge is -2.26. The summed E-state index contributed by atoms with van der Waals surface area (Å²) in [6.45, 7) is 4.95. The van der Waals surface area contributed by atoms with Gasteiger partial charge < -0.3 is 14.8 Å². The van der Waals surface area contributed by atoms with Crippen LogP contribution in [0.2, 0.25) is 0 Å². The smallest absolute Gasteiger partial charge is 0.269 e. The summed E-state index contributed by atoms with van der Waals surface area (Å²) in [5, 5.41) is 12.6. The summed E-state index contributed by atoms with van der Waals surface area (Å²) in [6.07, 6.45) is 2.37. The van der Waals surface area contributed by atoms with E-state index in [0.717, 1.165) is 34.5 Å². The average molecular weight is 535 g/mol. The Labute approximate surface area is 204 Å². The molecule has 8 nitrogen and oxygen atoms in total. The first kappa shape index (κ1) is 25.3. The molecule has 0 unspecified atom stereocenters. The lowest BCUT2D eigenvalue weighted by atomic mass is 10.2. The number of nitrogens with one attached hydrogen (secondary N) is 1. The van der Waals surface area contributed by atoms with Crippen molar-refractivity contribution in [1.82, 2.24) is 14.8 Å². The second-order valence-corrected chi connectivity index (χ2v) is 9.41. The number of hydrogen-bond acceptors (Lipinski definition) is 7. The summed E-state index contributed by atoms with van der Waals surface area (Å²) in [4.78, 5) is 28.2. The van der Waals surface area contributed by atoms with E-state index in [-0.39, 0.29) is 11.1 Å². The van der Waals surface area contributed by atoms with E-state index in [1.54, 1.807) is 13.2 Å². The number of methoxy groups -OCH3 is 1. The number of carbonyl (C=O) groups excluding carboxylic acids is 1. The quantitative estimate of drug-likeness (QED) is 0.474. The molecule has 1 amide bonds. The maximum absolute atomic E-state index is 13.1. The minimum atomic E-state index is -0.470. The summed E-state index contributed by atoms with van der Waals surface area (Å²) in [7, 11) is 1.60. The molecule has 0 saturated carbocycles. The van der Waals surface area contributed by atoms with E-state index in [2.05, 4.69) is 26.1 Å². The lowest BCUT2D eigenvalue weighted by molar-refractivity contribution is -0.115. The molecule has 1 aliphatic rings. The van der Waals surface area contributed by atoms with Crippen molar-refractivity contribution in [2.45, 2.75) is 13.0 Å². The van der Waals surface area contributed by atoms with Crippen molar-refractivity contribution in [3.63, 3.8) is 0 Å². The lowest BCUT2D eigenvalue weighted by Crippen LogP contribution is -2.42. The minimum Gasteiger partial charge on any atom is -0.385 e. The van der Waals surface area contributed by atoms with E-state index in [9.17, 15) is 14.9 Å². The number of amides is 1. The van der Waals surface area contributed by atoms with Crippen LogP contribution >= 0.6 is 27.3 Å². The zero-order valence-corrected chi connectivity index (χ0v) is 20.9. The Hall–Kier alpha value is -2.29. The van der Waals surface area contributed by atoms with Crippen molar-refractivity contribution in [3.05, 3.63) is 53.9 Å². The standard InChI is InChI=1S/C23H27BrN4O4S/c1-31-12-2-8-28-22(30)20(15-17-3-5-18(24)6-4-17)33-23(28)19(16-25)21(29)26-7-9-27-10-13-32-14-11-27/h3-6,15H,2,7-14H2,1H3,(H,26,29)/b20-15-,23-19+. The van der Waals surface area contributed by atoms with Gasteiger partial charge in [-0.05, 0) is 30.2 Å². The van der Waals surface area contributed by atoms with Gasteiger partial charge in [0, 0.05) is 50.9 Å². The van der Waals surface area contributed by atoms with E-state index >= 15 is 0 Å². The molecule has 1 aromatic carbocycles. The molecule has 1 aromatic heterocycles. The predicted octanol–water partition coefficient (Wildman–Crippen LogP) is 0.660. The van der Waals surface area contributed by atoms with Crippen molar-refractivity contribution in [1.29, 1.82) is 5.26 Å². The maximum Gasteiger partial charge on any atom is 0.269 e. The van der Waals surface area contributed by atoms with Gasteiger partial charge in [0.1, 0.15) is 10.7 Å². The third kappa shape index (κ3) is 7.09. The number of nitriles is 1. The molecule has 1 aliphatic heterocycles. The molecule has 33 heavy (non-hydrogen) atoms. The van der Waals surface area contributed by atoms with Crippen molar-refractivity contribution < 1.29 is 14.3 Å². The Kier molecular flexibility index (Phi) is 9.84. The summed E-state index contributed by atoms with van der Waals surface area (Å²) in [5.74, 6) is -0.470. The molecule has 1 fully saturated rings. The Bertz CT molecular complexity index is 1160. The van der Waals surface area contributed by atoms with Gasteiger partial charge in [-0.1, -0.05) is 28.1 Å². The fraction of sp³-hybridized carbons (Fsp3) is 0.435. The number of aromatic nitrogens is 1. The third-order valence-corrected chi connectivity index (χ3v) is 6.83. The normalized spacial score (nSPS) is 15.8. The third-order valence-electron chi connectivity index (χ3n) is 5.18. The SMILES string of the molecule is COCCCn1c(=O)/c(=C/c2ccc(Br)cc2)s/c1=C(\C#N)C(=O)NCCN1CCOCC1. The number of rotatable bonds is 9. The Morgan fingerprint density at radius 3 is 2.70 bits per heavy atom. The highest BCUT2D eigenvalue weighted by Crippen LogP contribution is 2.10. The first-order valence-corrected chi connectivity index (χ1v) is 12.3. The molecular weight excluding hydrogens is 508 g/mol. The Balaban J connectivity index is 1.92. The highest BCUT2D eigenvalue weighted by Gasteiger charge is 2.17. The molecule has 3 rings (SSSR count). The van der Waals surface area contributed by atoms with Crippen molar-refractivity contribution in [3.8, 4) is 6.07 Å². The van der Waals surface area contributed by atoms with Crippen LogP contribution in [0.3, 0.4) is 0 Å². The van der Waals surface area contributed by atoms with E-state index < -0.39 is 5.91 Å². The summed E-state index contributed by atoms with van der Waals surface area (Å²) >= 11 is 4.57. The summed E-state index contributed by atoms with van der Waals surface area (Å²) in [5.41, 5.74) is 0.593. The summed E-state index contributed by atoms with van der Waals surface area (Å²) < 4.78 is 13.7. The van der Waals surface area contributed by atoms with Crippen LogP contribution in [-0.2, 0) is 20.8 Å². The molecule has 0 radical (unpaired) electrons. The molecule has 1 saturated heterocycles. The monoisotopic (exact) mass is 534 g/mol. The van der Waals surface area contributed by atoms with Crippen LogP contribution in [-0.4, -0.2) is 68.5 Å². The van der Waals surface area contributed by atoms with Crippen LogP contribution in [0.1, 0.15) is 12.0 Å². The molecule has 176 valence electrons. The zero-order chi connectivity index (χ0) is 23.6. The van der Waals surface area contributed by atoms with Gasteiger partial charge in [0.2, 0.25) is 0 Å². The topological polar surface area (TPSA) is 96.6 Å². The molecule has 2 heterocycles. The molecule has 10 heteroatoms. The first-order chi connectivity index (χ1) is 16.0. The Morgan fingerprint density at radius 1 is 1.30 bits per heavy atom. The molecule has 0 spiro atoms. The van der Waals surface area contributed by atoms with E-state index in [0.29, 0.717) is 55.1 Å². The summed E-state index contributed by atoms with van der Waals surface area (Å²) in [6, 6.07) is 9.60. The van der Waals surface area contributed by atoms with Gasteiger partial charge in [0.05, 0.1) is 17.7 Å². The van der Waals surface area contributed by atoms with Crippen LogP contribution in [0.15, 0.2) is 33.5 Å². The molecule has 0 bridgehead atoms. The van der Waals surface area contributed by atoms with Gasteiger partial charge in [-0.2, -0.15) is 5.26 Å². The maximum atomic E-state index is 13.1. The van der Waals surface area contributed by atoms with Gasteiger partial charge in [-0.3, -0.25) is 19.1 Å². The Morgan fingerprint density at radius 2 is 2.03 bits per heavy atom. The number of morpholine rings is 1. The van der Waals surface area contributed by atoms with Gasteiger partial charge in [0.25, 0.3) is 11.5 Å². The second kappa shape index (κ2) is 12.8. The van der Waals surface area contributed by atoms with Crippen LogP contribution < -0.4 is 20.1 Å². The van der Waals surface area contributed by atoms with E-state index in [1.165, 1.54) is 4.57 Å². The van der Waals surface area contributed by atoms with E-state index in [1.807, 2.05) is 30.3 Å². The number of carbonyl (C=O) groups is 1. The number of ether oxygens (including phenoxy) is 2. The van der Waals surface area contributed by atoms with Crippen LogP contribution in [0.4, 0.5) is 0 Å². The highest BCUT2D eigenvalue weighted by molar-refractivity contribution is 9.10. The minimum absolute atomic E-state index is 0.0491. The highest BCUT2D eigenvalue weighted by atomic mass is 79.9. The molecule has 1 N–H and O–H groups in total. The fourth-order valence-corrected chi connectivity index (χ4v) is 4.81. The van der Waals surface area contributed by atoms with Gasteiger partial charge in [-0.25, -0.2) is 0 Å². The van der Waals surface area contributed by atoms with Crippen LogP contribution in [0.5, 0.6) is 0 Å². The number of hydrogen-bond donors (Lipinski definition) is 1. The number of halogens is 1. The van der Waals surface area contributed by atoms with Gasteiger partial charge in [0.15, 0.2) is 5.57 Å². The fourth-order valence-electron chi connectivity index (χ4n) is 3.42. The van der Waals surface area contributed by atoms with Gasteiger partial charge in [-0.15, -0.1) is 11.3 Å². The zero-order valence-electron chi connectivity index (χ0n) is 18.5. The molecule has 0 aliphatic carbocycles. The molecule has 2 aromatic rings. The molecule has 0 atom stereocenters. The largest absolute Gasteiger partial charge is 0.385 e. The number of nitrogens with zero attached hydrogens (tertiary/aromatic N) is 3. The average Bonchev–Trinajstić information content (AvgIpc) is 3.12. The predicted molar refractivity (Wildman–Crippen MR) is 131 cm³/mol. The molecular formula is C23H27BrN4O4S. The van der Waals surface area contributed by atoms with Crippen LogP contribution in [0.25, 0.3) is 11.6 Å². The second-order valence-electron chi connectivity index (χ2n) is 7.47. The van der Waals surface area contributed by atoms with Crippen LogP contribution in [0, 0.1) is 11.3 Å². The van der Waals surface area contributed by atoms with Crippen molar-refractivity contribution in [2.75, 3.05) is 53.1 Å². The number of benzene rings is 1. The van der Waals surface area contributed by atoms with Gasteiger partial charge >= 0.3 is 0 Å². The van der Waals surface area contributed by atoms with Crippen molar-refractivity contribution >= 4 is 44.8 Å².